The zero-order valence-corrected chi connectivity index (χ0v) is 6.75. The van der Waals surface area contributed by atoms with Crippen molar-refractivity contribution in [3.05, 3.63) is 30.1 Å². The minimum Gasteiger partial charge on any atom is -0.287 e. The number of rotatable bonds is 3. The van der Waals surface area contributed by atoms with Crippen LogP contribution in [0, 0.1) is 0 Å². The second kappa shape index (κ2) is 3.73. The summed E-state index contributed by atoms with van der Waals surface area (Å²) in [4.78, 5) is 14.2. The lowest BCUT2D eigenvalue weighted by atomic mass is 10.1. The molecule has 0 aliphatic heterocycles. The maximum Gasteiger partial charge on any atom is 0.368 e. The number of Topliss-reactive ketones (excluding diaryl/α,β-unsaturated/α-hetero) is 1. The van der Waals surface area contributed by atoms with Gasteiger partial charge in [0, 0.05) is 18.0 Å². The van der Waals surface area contributed by atoms with Crippen molar-refractivity contribution in [3.8, 4) is 0 Å². The lowest BCUT2D eigenvalue weighted by Crippen LogP contribution is -2.36. The molecule has 0 fully saturated rings. The Morgan fingerprint density at radius 3 is 2.50 bits per heavy atom. The van der Waals surface area contributed by atoms with Gasteiger partial charge in [0.25, 0.3) is 0 Å². The van der Waals surface area contributed by atoms with Gasteiger partial charge in [0.05, 0.1) is 0 Å². The molecule has 0 bridgehead atoms. The van der Waals surface area contributed by atoms with Crippen molar-refractivity contribution in [2.24, 2.45) is 0 Å². The molecule has 1 rings (SSSR count). The average Bonchev–Trinajstić information content (AvgIpc) is 2.17. The van der Waals surface area contributed by atoms with Crippen LogP contribution in [-0.2, 0) is 0 Å². The average molecular weight is 207 g/mol. The summed E-state index contributed by atoms with van der Waals surface area (Å²) >= 11 is 0. The van der Waals surface area contributed by atoms with Gasteiger partial charge in [0.15, 0.2) is 0 Å². The van der Waals surface area contributed by atoms with Crippen LogP contribution < -0.4 is 0 Å². The smallest absolute Gasteiger partial charge is 0.287 e. The number of halogens is 4. The van der Waals surface area contributed by atoms with Crippen molar-refractivity contribution in [1.82, 2.24) is 4.98 Å². The first-order valence-corrected chi connectivity index (χ1v) is 3.57. The molecule has 0 unspecified atom stereocenters. The third-order valence-electron chi connectivity index (χ3n) is 1.50. The third-order valence-corrected chi connectivity index (χ3v) is 1.50. The van der Waals surface area contributed by atoms with Crippen LogP contribution in [0.3, 0.4) is 0 Å². The molecule has 0 aliphatic carbocycles. The molecular formula is C8H5F4NO. The van der Waals surface area contributed by atoms with Crippen molar-refractivity contribution < 1.29 is 22.4 Å². The summed E-state index contributed by atoms with van der Waals surface area (Å²) in [7, 11) is 0. The van der Waals surface area contributed by atoms with Crippen LogP contribution in [0.1, 0.15) is 10.4 Å². The molecule has 0 aliphatic rings. The predicted octanol–water partition coefficient (Wildman–Crippen LogP) is 2.16. The van der Waals surface area contributed by atoms with Crippen LogP contribution in [-0.4, -0.2) is 23.1 Å². The fourth-order valence-corrected chi connectivity index (χ4v) is 0.789. The molecule has 2 nitrogen and oxygen atoms in total. The number of aromatic nitrogens is 1. The summed E-state index contributed by atoms with van der Waals surface area (Å²) in [5.74, 6) is -6.57. The molecule has 0 saturated carbocycles. The molecule has 1 aromatic heterocycles. The van der Waals surface area contributed by atoms with Gasteiger partial charge in [-0.15, -0.1) is 0 Å². The zero-order valence-electron chi connectivity index (χ0n) is 6.75. The highest BCUT2D eigenvalue weighted by Crippen LogP contribution is 2.26. The van der Waals surface area contributed by atoms with Crippen LogP contribution in [0.4, 0.5) is 17.6 Å². The van der Waals surface area contributed by atoms with E-state index in [-0.39, 0.29) is 0 Å². The van der Waals surface area contributed by atoms with Crippen LogP contribution in [0.2, 0.25) is 0 Å². The van der Waals surface area contributed by atoms with Gasteiger partial charge in [0.2, 0.25) is 5.78 Å². The summed E-state index contributed by atoms with van der Waals surface area (Å²) in [6.45, 7) is 0. The Balaban J connectivity index is 2.97. The van der Waals surface area contributed by atoms with Gasteiger partial charge in [-0.25, -0.2) is 8.78 Å². The Hall–Kier alpha value is -1.46. The third kappa shape index (κ3) is 1.89. The SMILES string of the molecule is O=C(c1cccnc1)C(F)(F)C(F)F. The molecule has 6 heteroatoms. The van der Waals surface area contributed by atoms with E-state index in [9.17, 15) is 22.4 Å². The van der Waals surface area contributed by atoms with Gasteiger partial charge < -0.3 is 0 Å². The quantitative estimate of drug-likeness (QED) is 0.561. The van der Waals surface area contributed by atoms with Crippen LogP contribution in [0.5, 0.6) is 0 Å². The number of ketones is 1. The number of pyridine rings is 1. The van der Waals surface area contributed by atoms with Crippen LogP contribution >= 0.6 is 0 Å². The van der Waals surface area contributed by atoms with E-state index in [0.717, 1.165) is 12.3 Å². The number of hydrogen-bond donors (Lipinski definition) is 0. The summed E-state index contributed by atoms with van der Waals surface area (Å²) in [5.41, 5.74) is -0.530. The fraction of sp³-hybridized carbons (Fsp3) is 0.250. The summed E-state index contributed by atoms with van der Waals surface area (Å²) in [6, 6.07) is 2.22. The minimum absolute atomic E-state index is 0.530. The van der Waals surface area contributed by atoms with Crippen molar-refractivity contribution in [2.75, 3.05) is 0 Å². The Kier molecular flexibility index (Phi) is 2.83. The first-order valence-electron chi connectivity index (χ1n) is 3.57. The van der Waals surface area contributed by atoms with Crippen LogP contribution in [0.25, 0.3) is 0 Å². The van der Waals surface area contributed by atoms with E-state index in [0.29, 0.717) is 0 Å². The largest absolute Gasteiger partial charge is 0.368 e. The van der Waals surface area contributed by atoms with Gasteiger partial charge >= 0.3 is 12.3 Å². The number of hydrogen-bond acceptors (Lipinski definition) is 2. The van der Waals surface area contributed by atoms with Crippen molar-refractivity contribution in [3.63, 3.8) is 0 Å². The normalized spacial score (nSPS) is 11.8. The summed E-state index contributed by atoms with van der Waals surface area (Å²) in [5, 5.41) is 0. The Morgan fingerprint density at radius 2 is 2.07 bits per heavy atom. The molecular weight excluding hydrogens is 202 g/mol. The zero-order chi connectivity index (χ0) is 10.8. The number of alkyl halides is 4. The Bertz CT molecular complexity index is 325. The molecule has 1 heterocycles. The highest BCUT2D eigenvalue weighted by Gasteiger charge is 2.49. The summed E-state index contributed by atoms with van der Waals surface area (Å²) in [6.07, 6.45) is -1.94. The molecule has 14 heavy (non-hydrogen) atoms. The Labute approximate surface area is 76.6 Å². The molecule has 76 valence electrons. The van der Waals surface area contributed by atoms with Gasteiger partial charge in [-0.05, 0) is 12.1 Å². The molecule has 0 spiro atoms. The maximum atomic E-state index is 12.5. The summed E-state index contributed by atoms with van der Waals surface area (Å²) < 4.78 is 48.5. The van der Waals surface area contributed by atoms with Gasteiger partial charge in [-0.3, -0.25) is 9.78 Å². The lowest BCUT2D eigenvalue weighted by molar-refractivity contribution is -0.0958. The number of carbonyl (C=O) groups is 1. The molecule has 0 radical (unpaired) electrons. The topological polar surface area (TPSA) is 30.0 Å². The fourth-order valence-electron chi connectivity index (χ4n) is 0.789. The second-order valence-electron chi connectivity index (χ2n) is 2.49. The standard InChI is InChI=1S/C8H5F4NO/c9-7(10)8(11,12)6(14)5-2-1-3-13-4-5/h1-4,7H. The maximum absolute atomic E-state index is 12.5. The number of nitrogens with zero attached hydrogens (tertiary/aromatic N) is 1. The number of carbonyl (C=O) groups excluding carboxylic acids is 1. The molecule has 1 aromatic rings. The molecule has 0 amide bonds. The van der Waals surface area contributed by atoms with E-state index < -0.39 is 23.7 Å². The minimum atomic E-state index is -4.65. The van der Waals surface area contributed by atoms with E-state index in [4.69, 9.17) is 0 Å². The predicted molar refractivity (Wildman–Crippen MR) is 39.5 cm³/mol. The van der Waals surface area contributed by atoms with Gasteiger partial charge in [-0.2, -0.15) is 8.78 Å². The monoisotopic (exact) mass is 207 g/mol. The van der Waals surface area contributed by atoms with Gasteiger partial charge in [0.1, 0.15) is 0 Å². The van der Waals surface area contributed by atoms with E-state index in [1.54, 1.807) is 0 Å². The highest BCUT2D eigenvalue weighted by atomic mass is 19.3. The van der Waals surface area contributed by atoms with E-state index in [1.165, 1.54) is 12.3 Å². The lowest BCUT2D eigenvalue weighted by Gasteiger charge is -2.12. The van der Waals surface area contributed by atoms with E-state index in [1.807, 2.05) is 0 Å². The van der Waals surface area contributed by atoms with E-state index >= 15 is 0 Å². The Morgan fingerprint density at radius 1 is 1.43 bits per heavy atom. The molecule has 0 atom stereocenters. The van der Waals surface area contributed by atoms with Crippen molar-refractivity contribution >= 4 is 5.78 Å². The molecule has 0 aromatic carbocycles. The first kappa shape index (κ1) is 10.6. The second-order valence-corrected chi connectivity index (χ2v) is 2.49. The van der Waals surface area contributed by atoms with Crippen molar-refractivity contribution in [2.45, 2.75) is 12.3 Å². The molecule has 0 saturated heterocycles. The van der Waals surface area contributed by atoms with Crippen LogP contribution in [0.15, 0.2) is 24.5 Å². The first-order chi connectivity index (χ1) is 6.46. The highest BCUT2D eigenvalue weighted by molar-refractivity contribution is 6.01. The van der Waals surface area contributed by atoms with E-state index in [2.05, 4.69) is 4.98 Å². The van der Waals surface area contributed by atoms with Gasteiger partial charge in [-0.1, -0.05) is 0 Å². The molecule has 0 N–H and O–H groups in total. The van der Waals surface area contributed by atoms with Crippen molar-refractivity contribution in [1.29, 1.82) is 0 Å².